The number of aromatic nitrogens is 1. The number of carbonyl (C=O) groups excluding carboxylic acids is 1. The number of rotatable bonds is 4. The SMILES string of the molecule is CN(CC(N)=O)c1ccnc(CN)c1. The van der Waals surface area contributed by atoms with Crippen LogP contribution in [-0.2, 0) is 11.3 Å². The molecular formula is C9H14N4O. The molecule has 1 aromatic rings. The molecule has 14 heavy (non-hydrogen) atoms. The number of nitrogens with zero attached hydrogens (tertiary/aromatic N) is 2. The van der Waals surface area contributed by atoms with Crippen molar-refractivity contribution in [1.82, 2.24) is 4.98 Å². The van der Waals surface area contributed by atoms with E-state index in [1.807, 2.05) is 12.1 Å². The average molecular weight is 194 g/mol. The third-order valence-electron chi connectivity index (χ3n) is 1.84. The van der Waals surface area contributed by atoms with Crippen molar-refractivity contribution in [3.8, 4) is 0 Å². The summed E-state index contributed by atoms with van der Waals surface area (Å²) in [5.41, 5.74) is 12.2. The first-order chi connectivity index (χ1) is 6.63. The molecule has 1 heterocycles. The number of likely N-dealkylation sites (N-methyl/N-ethyl adjacent to an activating group) is 1. The highest BCUT2D eigenvalue weighted by atomic mass is 16.1. The van der Waals surface area contributed by atoms with Crippen molar-refractivity contribution in [3.05, 3.63) is 24.0 Å². The molecule has 0 saturated heterocycles. The molecule has 0 aliphatic heterocycles. The van der Waals surface area contributed by atoms with Crippen LogP contribution in [-0.4, -0.2) is 24.5 Å². The van der Waals surface area contributed by atoms with Crippen LogP contribution in [0.3, 0.4) is 0 Å². The van der Waals surface area contributed by atoms with E-state index in [-0.39, 0.29) is 12.5 Å². The van der Waals surface area contributed by atoms with E-state index in [0.717, 1.165) is 11.4 Å². The number of primary amides is 1. The summed E-state index contributed by atoms with van der Waals surface area (Å²) in [5.74, 6) is -0.362. The van der Waals surface area contributed by atoms with Crippen LogP contribution in [0.15, 0.2) is 18.3 Å². The predicted octanol–water partition coefficient (Wildman–Crippen LogP) is -0.538. The summed E-state index contributed by atoms with van der Waals surface area (Å²) in [5, 5.41) is 0. The van der Waals surface area contributed by atoms with Gasteiger partial charge in [0.05, 0.1) is 12.2 Å². The topological polar surface area (TPSA) is 85.2 Å². The van der Waals surface area contributed by atoms with E-state index in [1.54, 1.807) is 18.1 Å². The van der Waals surface area contributed by atoms with Crippen molar-refractivity contribution in [1.29, 1.82) is 0 Å². The number of nitrogens with two attached hydrogens (primary N) is 2. The fourth-order valence-corrected chi connectivity index (χ4v) is 1.14. The molecule has 1 aromatic heterocycles. The molecule has 0 fully saturated rings. The van der Waals surface area contributed by atoms with E-state index >= 15 is 0 Å². The van der Waals surface area contributed by atoms with Crippen molar-refractivity contribution < 1.29 is 4.79 Å². The van der Waals surface area contributed by atoms with E-state index in [1.165, 1.54) is 0 Å². The molecule has 5 heteroatoms. The lowest BCUT2D eigenvalue weighted by Crippen LogP contribution is -2.30. The van der Waals surface area contributed by atoms with Crippen LogP contribution in [0.4, 0.5) is 5.69 Å². The van der Waals surface area contributed by atoms with Gasteiger partial charge in [-0.25, -0.2) is 0 Å². The molecule has 0 aromatic carbocycles. The van der Waals surface area contributed by atoms with Gasteiger partial charge in [0.15, 0.2) is 0 Å². The zero-order chi connectivity index (χ0) is 10.6. The summed E-state index contributed by atoms with van der Waals surface area (Å²) in [6, 6.07) is 3.64. The molecular weight excluding hydrogens is 180 g/mol. The number of carbonyl (C=O) groups is 1. The second kappa shape index (κ2) is 4.57. The fourth-order valence-electron chi connectivity index (χ4n) is 1.14. The second-order valence-electron chi connectivity index (χ2n) is 3.03. The molecule has 0 aliphatic carbocycles. The minimum Gasteiger partial charge on any atom is -0.368 e. The lowest BCUT2D eigenvalue weighted by Gasteiger charge is -2.17. The molecule has 76 valence electrons. The maximum atomic E-state index is 10.7. The molecule has 1 amide bonds. The normalized spacial score (nSPS) is 9.86. The van der Waals surface area contributed by atoms with Crippen LogP contribution in [0, 0.1) is 0 Å². The monoisotopic (exact) mass is 194 g/mol. The summed E-state index contributed by atoms with van der Waals surface area (Å²) in [4.78, 5) is 16.5. The lowest BCUT2D eigenvalue weighted by atomic mass is 10.3. The molecule has 0 spiro atoms. The van der Waals surface area contributed by atoms with Crippen molar-refractivity contribution in [3.63, 3.8) is 0 Å². The third-order valence-corrected chi connectivity index (χ3v) is 1.84. The second-order valence-corrected chi connectivity index (χ2v) is 3.03. The predicted molar refractivity (Wildman–Crippen MR) is 54.6 cm³/mol. The first-order valence-corrected chi connectivity index (χ1v) is 4.28. The molecule has 0 aliphatic rings. The van der Waals surface area contributed by atoms with Crippen molar-refractivity contribution in [2.45, 2.75) is 6.54 Å². The van der Waals surface area contributed by atoms with Gasteiger partial charge in [-0.2, -0.15) is 0 Å². The van der Waals surface area contributed by atoms with Gasteiger partial charge in [0.25, 0.3) is 0 Å². The summed E-state index contributed by atoms with van der Waals surface area (Å²) in [6.45, 7) is 0.576. The Balaban J connectivity index is 2.78. The van der Waals surface area contributed by atoms with Crippen molar-refractivity contribution in [2.24, 2.45) is 11.5 Å². The molecule has 4 N–H and O–H groups in total. The molecule has 0 radical (unpaired) electrons. The summed E-state index contributed by atoms with van der Waals surface area (Å²) < 4.78 is 0. The van der Waals surface area contributed by atoms with Crippen LogP contribution in [0.5, 0.6) is 0 Å². The Hall–Kier alpha value is -1.62. The van der Waals surface area contributed by atoms with Gasteiger partial charge >= 0.3 is 0 Å². The number of hydrogen-bond donors (Lipinski definition) is 2. The first kappa shape index (κ1) is 10.5. The van der Waals surface area contributed by atoms with Crippen LogP contribution in [0.25, 0.3) is 0 Å². The van der Waals surface area contributed by atoms with E-state index in [0.29, 0.717) is 6.54 Å². The molecule has 0 saturated carbocycles. The zero-order valence-corrected chi connectivity index (χ0v) is 8.10. The number of anilines is 1. The minimum absolute atomic E-state index is 0.189. The van der Waals surface area contributed by atoms with E-state index < -0.39 is 0 Å². The standard InChI is InChI=1S/C9H14N4O/c1-13(6-9(11)14)8-2-3-12-7(4-8)5-10/h2-4H,5-6,10H2,1H3,(H2,11,14). The summed E-state index contributed by atoms with van der Waals surface area (Å²) >= 11 is 0. The summed E-state index contributed by atoms with van der Waals surface area (Å²) in [7, 11) is 1.79. The maximum absolute atomic E-state index is 10.7. The van der Waals surface area contributed by atoms with Crippen LogP contribution >= 0.6 is 0 Å². The van der Waals surface area contributed by atoms with Gasteiger partial charge in [-0.1, -0.05) is 0 Å². The Bertz CT molecular complexity index is 326. The molecule has 0 bridgehead atoms. The number of amides is 1. The Kier molecular flexibility index (Phi) is 3.41. The maximum Gasteiger partial charge on any atom is 0.236 e. The van der Waals surface area contributed by atoms with Crippen LogP contribution in [0.1, 0.15) is 5.69 Å². The van der Waals surface area contributed by atoms with E-state index in [9.17, 15) is 4.79 Å². The van der Waals surface area contributed by atoms with Gasteiger partial charge in [0, 0.05) is 25.5 Å². The Morgan fingerprint density at radius 1 is 1.64 bits per heavy atom. The first-order valence-electron chi connectivity index (χ1n) is 4.28. The van der Waals surface area contributed by atoms with Crippen molar-refractivity contribution >= 4 is 11.6 Å². The average Bonchev–Trinajstić information content (AvgIpc) is 2.17. The molecule has 1 rings (SSSR count). The van der Waals surface area contributed by atoms with Gasteiger partial charge in [0.2, 0.25) is 5.91 Å². The Morgan fingerprint density at radius 2 is 2.36 bits per heavy atom. The number of hydrogen-bond acceptors (Lipinski definition) is 4. The van der Waals surface area contributed by atoms with Crippen LogP contribution < -0.4 is 16.4 Å². The highest BCUT2D eigenvalue weighted by Crippen LogP contribution is 2.11. The van der Waals surface area contributed by atoms with Gasteiger partial charge in [-0.15, -0.1) is 0 Å². The highest BCUT2D eigenvalue weighted by Gasteiger charge is 2.04. The third kappa shape index (κ3) is 2.70. The van der Waals surface area contributed by atoms with Crippen molar-refractivity contribution in [2.75, 3.05) is 18.5 Å². The summed E-state index contributed by atoms with van der Waals surface area (Å²) in [6.07, 6.45) is 1.66. The molecule has 0 atom stereocenters. The van der Waals surface area contributed by atoms with Gasteiger partial charge in [-0.3, -0.25) is 9.78 Å². The van der Waals surface area contributed by atoms with Gasteiger partial charge < -0.3 is 16.4 Å². The molecule has 0 unspecified atom stereocenters. The Labute approximate surface area is 82.7 Å². The Morgan fingerprint density at radius 3 is 2.93 bits per heavy atom. The molecule has 5 nitrogen and oxygen atoms in total. The smallest absolute Gasteiger partial charge is 0.236 e. The van der Waals surface area contributed by atoms with Crippen LogP contribution in [0.2, 0.25) is 0 Å². The zero-order valence-electron chi connectivity index (χ0n) is 8.10. The highest BCUT2D eigenvalue weighted by molar-refractivity contribution is 5.79. The fraction of sp³-hybridized carbons (Fsp3) is 0.333. The van der Waals surface area contributed by atoms with E-state index in [4.69, 9.17) is 11.5 Å². The van der Waals surface area contributed by atoms with E-state index in [2.05, 4.69) is 4.98 Å². The van der Waals surface area contributed by atoms with Gasteiger partial charge in [-0.05, 0) is 12.1 Å². The van der Waals surface area contributed by atoms with Gasteiger partial charge in [0.1, 0.15) is 0 Å². The minimum atomic E-state index is -0.362. The quantitative estimate of drug-likeness (QED) is 0.674. The number of pyridine rings is 1. The lowest BCUT2D eigenvalue weighted by molar-refractivity contribution is -0.116. The largest absolute Gasteiger partial charge is 0.368 e.